The van der Waals surface area contributed by atoms with Gasteiger partial charge in [0.1, 0.15) is 6.54 Å². The maximum absolute atomic E-state index is 12.3. The maximum atomic E-state index is 12.3. The average Bonchev–Trinajstić information content (AvgIpc) is 3.07. The number of carbonyl (C=O) groups is 1. The van der Waals surface area contributed by atoms with Crippen molar-refractivity contribution in [2.24, 2.45) is 0 Å². The summed E-state index contributed by atoms with van der Waals surface area (Å²) in [4.78, 5) is 14.1. The molecule has 1 aliphatic heterocycles. The van der Waals surface area contributed by atoms with Gasteiger partial charge in [-0.3, -0.25) is 4.79 Å². The van der Waals surface area contributed by atoms with Gasteiger partial charge in [0.05, 0.1) is 12.1 Å². The number of aliphatic hydroxyl groups excluding tert-OH is 1. The molecule has 1 saturated heterocycles. The zero-order valence-electron chi connectivity index (χ0n) is 11.2. The van der Waals surface area contributed by atoms with Crippen LogP contribution in [0, 0.1) is 0 Å². The van der Waals surface area contributed by atoms with E-state index in [2.05, 4.69) is 0 Å². The third-order valence-corrected chi connectivity index (χ3v) is 4.10. The van der Waals surface area contributed by atoms with E-state index in [1.807, 2.05) is 27.8 Å². The van der Waals surface area contributed by atoms with Crippen molar-refractivity contribution in [3.63, 3.8) is 0 Å². The number of amides is 1. The molecule has 1 N–H and O–H groups in total. The fourth-order valence-corrected chi connectivity index (χ4v) is 2.98. The van der Waals surface area contributed by atoms with Crippen molar-refractivity contribution in [2.45, 2.75) is 26.0 Å². The van der Waals surface area contributed by atoms with Crippen molar-refractivity contribution >= 4 is 28.4 Å². The van der Waals surface area contributed by atoms with Gasteiger partial charge < -0.3 is 14.6 Å². The molecule has 1 fully saturated rings. The molecule has 2 heterocycles. The number of benzene rings is 1. The maximum Gasteiger partial charge on any atom is 0.242 e. The summed E-state index contributed by atoms with van der Waals surface area (Å²) in [5.74, 6) is 0.129. The van der Waals surface area contributed by atoms with E-state index in [0.717, 1.165) is 42.4 Å². The summed E-state index contributed by atoms with van der Waals surface area (Å²) in [7, 11) is 0. The minimum atomic E-state index is -0.0387. The van der Waals surface area contributed by atoms with E-state index in [0.29, 0.717) is 11.6 Å². The molecule has 5 heteroatoms. The Morgan fingerprint density at radius 3 is 2.75 bits per heavy atom. The van der Waals surface area contributed by atoms with Gasteiger partial charge in [-0.2, -0.15) is 0 Å². The van der Waals surface area contributed by atoms with Gasteiger partial charge in [-0.05, 0) is 25.0 Å². The lowest BCUT2D eigenvalue weighted by atomic mass is 10.2. The molecular formula is C15H17ClN2O2. The lowest BCUT2D eigenvalue weighted by Crippen LogP contribution is -2.30. The molecule has 1 aromatic heterocycles. The quantitative estimate of drug-likeness (QED) is 0.944. The number of nitrogens with zero attached hydrogens (tertiary/aromatic N) is 2. The Morgan fingerprint density at radius 1 is 1.30 bits per heavy atom. The van der Waals surface area contributed by atoms with Crippen LogP contribution >= 0.6 is 11.6 Å². The molecule has 0 saturated carbocycles. The second kappa shape index (κ2) is 5.46. The van der Waals surface area contributed by atoms with Crippen LogP contribution in [0.15, 0.2) is 24.4 Å². The smallest absolute Gasteiger partial charge is 0.242 e. The van der Waals surface area contributed by atoms with E-state index < -0.39 is 0 Å². The number of likely N-dealkylation sites (tertiary alicyclic amines) is 1. The predicted molar refractivity (Wildman–Crippen MR) is 78.7 cm³/mol. The van der Waals surface area contributed by atoms with Crippen LogP contribution in [0.25, 0.3) is 10.9 Å². The highest BCUT2D eigenvalue weighted by atomic mass is 35.5. The third-order valence-electron chi connectivity index (χ3n) is 3.86. The van der Waals surface area contributed by atoms with Gasteiger partial charge in [-0.1, -0.05) is 17.7 Å². The molecule has 20 heavy (non-hydrogen) atoms. The molecule has 1 amide bonds. The summed E-state index contributed by atoms with van der Waals surface area (Å²) in [6.07, 6.45) is 4.02. The first kappa shape index (κ1) is 13.5. The van der Waals surface area contributed by atoms with Crippen molar-refractivity contribution in [2.75, 3.05) is 13.1 Å². The van der Waals surface area contributed by atoms with E-state index in [1.54, 1.807) is 6.07 Å². The van der Waals surface area contributed by atoms with Crippen LogP contribution in [0.2, 0.25) is 5.02 Å². The lowest BCUT2D eigenvalue weighted by Gasteiger charge is -2.16. The molecule has 2 aromatic rings. The average molecular weight is 293 g/mol. The normalized spacial score (nSPS) is 15.2. The minimum Gasteiger partial charge on any atom is -0.392 e. The van der Waals surface area contributed by atoms with Gasteiger partial charge in [0.2, 0.25) is 5.91 Å². The monoisotopic (exact) mass is 292 g/mol. The van der Waals surface area contributed by atoms with Crippen molar-refractivity contribution < 1.29 is 9.90 Å². The molecule has 0 radical (unpaired) electrons. The van der Waals surface area contributed by atoms with E-state index >= 15 is 0 Å². The van der Waals surface area contributed by atoms with Gasteiger partial charge in [-0.25, -0.2) is 0 Å². The molecular weight excluding hydrogens is 276 g/mol. The molecule has 0 atom stereocenters. The van der Waals surface area contributed by atoms with Crippen LogP contribution in [0.5, 0.6) is 0 Å². The first-order valence-corrected chi connectivity index (χ1v) is 7.23. The first-order valence-electron chi connectivity index (χ1n) is 6.85. The zero-order chi connectivity index (χ0) is 14.1. The van der Waals surface area contributed by atoms with Crippen LogP contribution in [0.3, 0.4) is 0 Å². The first-order chi connectivity index (χ1) is 9.69. The van der Waals surface area contributed by atoms with Crippen LogP contribution < -0.4 is 0 Å². The molecule has 106 valence electrons. The van der Waals surface area contributed by atoms with E-state index in [-0.39, 0.29) is 12.5 Å². The third kappa shape index (κ3) is 2.41. The Kier molecular flexibility index (Phi) is 3.68. The Labute approximate surface area is 122 Å². The number of fused-ring (bicyclic) bond motifs is 1. The Bertz CT molecular complexity index is 645. The number of rotatable bonds is 3. The van der Waals surface area contributed by atoms with E-state index in [1.165, 1.54) is 0 Å². The Hall–Kier alpha value is -1.52. The summed E-state index contributed by atoms with van der Waals surface area (Å²) in [5.41, 5.74) is 1.72. The topological polar surface area (TPSA) is 45.5 Å². The largest absolute Gasteiger partial charge is 0.392 e. The number of halogens is 1. The number of carbonyl (C=O) groups excluding carboxylic acids is 1. The summed E-state index contributed by atoms with van der Waals surface area (Å²) in [6, 6.07) is 5.53. The Morgan fingerprint density at radius 2 is 2.05 bits per heavy atom. The molecule has 1 aliphatic rings. The molecule has 3 rings (SSSR count). The minimum absolute atomic E-state index is 0.0387. The van der Waals surface area contributed by atoms with Gasteiger partial charge in [-0.15, -0.1) is 0 Å². The number of hydrogen-bond acceptors (Lipinski definition) is 2. The van der Waals surface area contributed by atoms with Crippen LogP contribution in [0.1, 0.15) is 18.4 Å². The molecule has 4 nitrogen and oxygen atoms in total. The van der Waals surface area contributed by atoms with E-state index in [9.17, 15) is 9.90 Å². The van der Waals surface area contributed by atoms with Gasteiger partial charge in [0.15, 0.2) is 0 Å². The highest BCUT2D eigenvalue weighted by Crippen LogP contribution is 2.25. The van der Waals surface area contributed by atoms with Crippen molar-refractivity contribution in [3.05, 3.63) is 35.0 Å². The van der Waals surface area contributed by atoms with Gasteiger partial charge >= 0.3 is 0 Å². The number of hydrogen-bond donors (Lipinski definition) is 1. The molecule has 0 spiro atoms. The predicted octanol–water partition coefficient (Wildman–Crippen LogP) is 2.41. The lowest BCUT2D eigenvalue weighted by molar-refractivity contribution is -0.130. The summed E-state index contributed by atoms with van der Waals surface area (Å²) in [6.45, 7) is 1.97. The molecule has 0 unspecified atom stereocenters. The van der Waals surface area contributed by atoms with E-state index in [4.69, 9.17) is 11.6 Å². The Balaban J connectivity index is 1.94. The van der Waals surface area contributed by atoms with Crippen molar-refractivity contribution in [1.29, 1.82) is 0 Å². The summed E-state index contributed by atoms with van der Waals surface area (Å²) >= 11 is 6.04. The van der Waals surface area contributed by atoms with Crippen molar-refractivity contribution in [1.82, 2.24) is 9.47 Å². The fourth-order valence-electron chi connectivity index (χ4n) is 2.81. The summed E-state index contributed by atoms with van der Waals surface area (Å²) in [5, 5.41) is 11.0. The van der Waals surface area contributed by atoms with Crippen LogP contribution in [-0.4, -0.2) is 33.6 Å². The SMILES string of the molecule is O=C(Cn1cc(CO)c2ccc(Cl)cc21)N1CCCC1. The summed E-state index contributed by atoms with van der Waals surface area (Å²) < 4.78 is 1.88. The van der Waals surface area contributed by atoms with Gasteiger partial charge in [0, 0.05) is 35.3 Å². The molecule has 0 aliphatic carbocycles. The highest BCUT2D eigenvalue weighted by molar-refractivity contribution is 6.31. The molecule has 0 bridgehead atoms. The van der Waals surface area contributed by atoms with Crippen LogP contribution in [0.4, 0.5) is 0 Å². The second-order valence-electron chi connectivity index (χ2n) is 5.19. The number of aromatic nitrogens is 1. The number of aliphatic hydroxyl groups is 1. The molecule has 1 aromatic carbocycles. The second-order valence-corrected chi connectivity index (χ2v) is 5.63. The zero-order valence-corrected chi connectivity index (χ0v) is 11.9. The standard InChI is InChI=1S/C15H17ClN2O2/c16-12-3-4-13-11(10-19)8-18(14(13)7-12)9-15(20)17-5-1-2-6-17/h3-4,7-8,19H,1-2,5-6,9-10H2. The fraction of sp³-hybridized carbons (Fsp3) is 0.400. The van der Waals surface area contributed by atoms with Crippen molar-refractivity contribution in [3.8, 4) is 0 Å². The van der Waals surface area contributed by atoms with Crippen LogP contribution in [-0.2, 0) is 17.9 Å². The van der Waals surface area contributed by atoms with Gasteiger partial charge in [0.25, 0.3) is 0 Å². The highest BCUT2D eigenvalue weighted by Gasteiger charge is 2.19.